The zero-order chi connectivity index (χ0) is 17.2. The van der Waals surface area contributed by atoms with Crippen molar-refractivity contribution in [2.45, 2.75) is 25.7 Å². The van der Waals surface area contributed by atoms with E-state index in [2.05, 4.69) is 10.0 Å². The fourth-order valence-electron chi connectivity index (χ4n) is 2.91. The van der Waals surface area contributed by atoms with Gasteiger partial charge < -0.3 is 5.32 Å². The number of rotatable bonds is 4. The van der Waals surface area contributed by atoms with E-state index in [4.69, 9.17) is 0 Å². The lowest BCUT2D eigenvalue weighted by Crippen LogP contribution is -2.14. The topological polar surface area (TPSA) is 75.3 Å². The predicted molar refractivity (Wildman–Crippen MR) is 95.9 cm³/mol. The lowest BCUT2D eigenvalue weighted by atomic mass is 9.90. The number of sulfonamides is 1. The monoisotopic (exact) mass is 344 g/mol. The quantitative estimate of drug-likeness (QED) is 0.894. The Morgan fingerprint density at radius 3 is 2.21 bits per heavy atom. The Bertz CT molecular complexity index is 858. The number of benzene rings is 2. The maximum Gasteiger partial charge on any atom is 0.255 e. The molecule has 1 aliphatic carbocycles. The summed E-state index contributed by atoms with van der Waals surface area (Å²) in [5.74, 6) is -0.160. The molecule has 0 fully saturated rings. The van der Waals surface area contributed by atoms with E-state index in [0.717, 1.165) is 19.1 Å². The van der Waals surface area contributed by atoms with Crippen molar-refractivity contribution in [1.29, 1.82) is 0 Å². The molecule has 5 nitrogen and oxygen atoms in total. The third-order valence-electron chi connectivity index (χ3n) is 4.06. The Balaban J connectivity index is 1.70. The molecular formula is C18H20N2O3S. The average molecular weight is 344 g/mol. The van der Waals surface area contributed by atoms with Crippen molar-refractivity contribution in [3.8, 4) is 0 Å². The van der Waals surface area contributed by atoms with Crippen LogP contribution in [0.4, 0.5) is 11.4 Å². The van der Waals surface area contributed by atoms with Gasteiger partial charge in [-0.25, -0.2) is 8.42 Å². The molecule has 0 atom stereocenters. The van der Waals surface area contributed by atoms with Crippen LogP contribution < -0.4 is 10.0 Å². The standard InChI is InChI=1S/C18H20N2O3S/c1-24(22,23)20-17-10-8-16(9-11-17)19-18(21)15-7-6-13-4-2-3-5-14(13)12-15/h6-12,20H,2-5H2,1H3,(H,19,21). The first kappa shape index (κ1) is 16.5. The number of aryl methyl sites for hydroxylation is 2. The number of hydrogen-bond acceptors (Lipinski definition) is 3. The van der Waals surface area contributed by atoms with Crippen LogP contribution in [0.2, 0.25) is 0 Å². The van der Waals surface area contributed by atoms with Crippen molar-refractivity contribution in [2.75, 3.05) is 16.3 Å². The molecule has 2 aromatic carbocycles. The minimum atomic E-state index is -3.30. The molecule has 0 saturated carbocycles. The highest BCUT2D eigenvalue weighted by molar-refractivity contribution is 7.92. The summed E-state index contributed by atoms with van der Waals surface area (Å²) in [6.07, 6.45) is 5.60. The van der Waals surface area contributed by atoms with E-state index in [-0.39, 0.29) is 5.91 Å². The largest absolute Gasteiger partial charge is 0.322 e. The van der Waals surface area contributed by atoms with Gasteiger partial charge in [-0.15, -0.1) is 0 Å². The first-order valence-electron chi connectivity index (χ1n) is 7.92. The molecule has 0 bridgehead atoms. The number of amides is 1. The third kappa shape index (κ3) is 4.14. The first-order valence-corrected chi connectivity index (χ1v) is 9.81. The smallest absolute Gasteiger partial charge is 0.255 e. The number of fused-ring (bicyclic) bond motifs is 1. The summed E-state index contributed by atoms with van der Waals surface area (Å²) in [6, 6.07) is 12.5. The molecule has 0 aliphatic heterocycles. The van der Waals surface area contributed by atoms with E-state index >= 15 is 0 Å². The van der Waals surface area contributed by atoms with Crippen molar-refractivity contribution in [3.63, 3.8) is 0 Å². The summed E-state index contributed by atoms with van der Waals surface area (Å²) in [6.45, 7) is 0. The molecule has 0 spiro atoms. The van der Waals surface area contributed by atoms with E-state index in [9.17, 15) is 13.2 Å². The summed E-state index contributed by atoms with van der Waals surface area (Å²) in [4.78, 5) is 12.4. The van der Waals surface area contributed by atoms with Crippen molar-refractivity contribution < 1.29 is 13.2 Å². The summed E-state index contributed by atoms with van der Waals surface area (Å²) in [5.41, 5.74) is 4.34. The van der Waals surface area contributed by atoms with Crippen molar-refractivity contribution in [1.82, 2.24) is 0 Å². The van der Waals surface area contributed by atoms with Gasteiger partial charge in [-0.1, -0.05) is 6.07 Å². The Hall–Kier alpha value is -2.34. The molecule has 1 amide bonds. The fourth-order valence-corrected chi connectivity index (χ4v) is 3.48. The molecule has 6 heteroatoms. The number of hydrogen-bond donors (Lipinski definition) is 2. The van der Waals surface area contributed by atoms with Gasteiger partial charge in [0, 0.05) is 16.9 Å². The van der Waals surface area contributed by atoms with Crippen LogP contribution in [0.25, 0.3) is 0 Å². The van der Waals surface area contributed by atoms with Gasteiger partial charge in [0.25, 0.3) is 5.91 Å². The first-order chi connectivity index (χ1) is 11.4. The van der Waals surface area contributed by atoms with Crippen LogP contribution in [-0.2, 0) is 22.9 Å². The highest BCUT2D eigenvalue weighted by Gasteiger charge is 2.13. The molecule has 3 rings (SSSR count). The normalized spacial score (nSPS) is 13.9. The fraction of sp³-hybridized carbons (Fsp3) is 0.278. The molecule has 0 radical (unpaired) electrons. The van der Waals surface area contributed by atoms with Crippen LogP contribution in [0.1, 0.15) is 34.3 Å². The summed E-state index contributed by atoms with van der Waals surface area (Å²) >= 11 is 0. The maximum absolute atomic E-state index is 12.4. The second-order valence-electron chi connectivity index (χ2n) is 6.10. The van der Waals surface area contributed by atoms with Gasteiger partial charge in [-0.3, -0.25) is 9.52 Å². The van der Waals surface area contributed by atoms with Crippen molar-refractivity contribution in [2.24, 2.45) is 0 Å². The van der Waals surface area contributed by atoms with Crippen molar-refractivity contribution >= 4 is 27.3 Å². The second kappa shape index (κ2) is 6.65. The van der Waals surface area contributed by atoms with Gasteiger partial charge in [-0.2, -0.15) is 0 Å². The van der Waals surface area contributed by atoms with Crippen molar-refractivity contribution in [3.05, 3.63) is 59.2 Å². The number of carbonyl (C=O) groups excluding carboxylic acids is 1. The molecule has 0 aromatic heterocycles. The lowest BCUT2D eigenvalue weighted by Gasteiger charge is -2.16. The number of anilines is 2. The van der Waals surface area contributed by atoms with E-state index < -0.39 is 10.0 Å². The highest BCUT2D eigenvalue weighted by atomic mass is 32.2. The zero-order valence-corrected chi connectivity index (χ0v) is 14.3. The van der Waals surface area contributed by atoms with E-state index in [0.29, 0.717) is 16.9 Å². The van der Waals surface area contributed by atoms with Gasteiger partial charge in [0.2, 0.25) is 10.0 Å². The van der Waals surface area contributed by atoms with Gasteiger partial charge in [0.05, 0.1) is 6.26 Å². The Labute approximate surface area is 142 Å². The second-order valence-corrected chi connectivity index (χ2v) is 7.84. The van der Waals surface area contributed by atoms with Crippen LogP contribution in [0.5, 0.6) is 0 Å². The van der Waals surface area contributed by atoms with E-state index in [1.54, 1.807) is 24.3 Å². The molecule has 1 aliphatic rings. The van der Waals surface area contributed by atoms with Gasteiger partial charge in [-0.05, 0) is 73.2 Å². The molecular weight excluding hydrogens is 324 g/mol. The van der Waals surface area contributed by atoms with Crippen LogP contribution in [0, 0.1) is 0 Å². The maximum atomic E-state index is 12.4. The molecule has 2 aromatic rings. The third-order valence-corrected chi connectivity index (χ3v) is 4.66. The minimum absolute atomic E-state index is 0.160. The Morgan fingerprint density at radius 2 is 1.54 bits per heavy atom. The molecule has 126 valence electrons. The molecule has 0 unspecified atom stereocenters. The summed E-state index contributed by atoms with van der Waals surface area (Å²) in [7, 11) is -3.30. The molecule has 24 heavy (non-hydrogen) atoms. The SMILES string of the molecule is CS(=O)(=O)Nc1ccc(NC(=O)c2ccc3c(c2)CCCC3)cc1. The lowest BCUT2D eigenvalue weighted by molar-refractivity contribution is 0.102. The molecule has 2 N–H and O–H groups in total. The van der Waals surface area contributed by atoms with Crippen LogP contribution in [0.15, 0.2) is 42.5 Å². The Kier molecular flexibility index (Phi) is 4.57. The zero-order valence-electron chi connectivity index (χ0n) is 13.5. The summed E-state index contributed by atoms with van der Waals surface area (Å²) in [5, 5.41) is 2.84. The van der Waals surface area contributed by atoms with Crippen LogP contribution in [0.3, 0.4) is 0 Å². The number of carbonyl (C=O) groups is 1. The van der Waals surface area contributed by atoms with Gasteiger partial charge in [0.15, 0.2) is 0 Å². The van der Waals surface area contributed by atoms with Gasteiger partial charge in [0.1, 0.15) is 0 Å². The number of nitrogens with one attached hydrogen (secondary N) is 2. The molecule has 0 saturated heterocycles. The van der Waals surface area contributed by atoms with Gasteiger partial charge >= 0.3 is 0 Å². The highest BCUT2D eigenvalue weighted by Crippen LogP contribution is 2.23. The predicted octanol–water partition coefficient (Wildman–Crippen LogP) is 3.19. The van der Waals surface area contributed by atoms with E-state index in [1.165, 1.54) is 24.0 Å². The minimum Gasteiger partial charge on any atom is -0.322 e. The van der Waals surface area contributed by atoms with E-state index in [1.807, 2.05) is 18.2 Å². The van der Waals surface area contributed by atoms with Crippen LogP contribution in [-0.4, -0.2) is 20.6 Å². The van der Waals surface area contributed by atoms with Crippen LogP contribution >= 0.6 is 0 Å². The summed E-state index contributed by atoms with van der Waals surface area (Å²) < 4.78 is 24.8. The Morgan fingerprint density at radius 1 is 0.917 bits per heavy atom. The molecule has 0 heterocycles. The average Bonchev–Trinajstić information content (AvgIpc) is 2.55.